The first kappa shape index (κ1) is 20.6. The van der Waals surface area contributed by atoms with Gasteiger partial charge >= 0.3 is 5.97 Å². The van der Waals surface area contributed by atoms with Crippen molar-refractivity contribution in [3.8, 4) is 0 Å². The number of likely N-dealkylation sites (tertiary alicyclic amines) is 1. The van der Waals surface area contributed by atoms with Crippen molar-refractivity contribution in [3.63, 3.8) is 0 Å². The molecule has 1 aliphatic heterocycles. The lowest BCUT2D eigenvalue weighted by Gasteiger charge is -2.47. The number of hydrogen-bond acceptors (Lipinski definition) is 4. The smallest absolute Gasteiger partial charge is 0.306 e. The van der Waals surface area contributed by atoms with Crippen LogP contribution in [0.1, 0.15) is 49.8 Å². The van der Waals surface area contributed by atoms with Crippen molar-refractivity contribution < 1.29 is 14.6 Å². The van der Waals surface area contributed by atoms with Crippen molar-refractivity contribution in [3.05, 3.63) is 71.8 Å². The van der Waals surface area contributed by atoms with Crippen LogP contribution in [0, 0.1) is 5.92 Å². The van der Waals surface area contributed by atoms with Gasteiger partial charge < -0.3 is 14.7 Å². The van der Waals surface area contributed by atoms with Crippen LogP contribution < -0.4 is 0 Å². The van der Waals surface area contributed by atoms with Crippen LogP contribution >= 0.6 is 0 Å². The number of ether oxygens (including phenoxy) is 1. The number of carbonyl (C=O) groups excluding carboxylic acids is 1. The zero-order chi connectivity index (χ0) is 20.0. The summed E-state index contributed by atoms with van der Waals surface area (Å²) in [4.78, 5) is 14.7. The number of hydrogen-bond donors (Lipinski definition) is 1. The van der Waals surface area contributed by atoms with E-state index in [1.54, 1.807) is 0 Å². The average Bonchev–Trinajstić information content (AvgIpc) is 2.74. The van der Waals surface area contributed by atoms with E-state index in [0.717, 1.165) is 37.1 Å². The maximum absolute atomic E-state index is 12.4. The summed E-state index contributed by atoms with van der Waals surface area (Å²) >= 11 is 0. The van der Waals surface area contributed by atoms with Gasteiger partial charge in [0.05, 0.1) is 6.10 Å². The Labute approximate surface area is 168 Å². The number of nitrogens with zero attached hydrogens (tertiary/aromatic N) is 1. The molecule has 2 aromatic rings. The van der Waals surface area contributed by atoms with Crippen LogP contribution in [0.2, 0.25) is 0 Å². The van der Waals surface area contributed by atoms with E-state index in [-0.39, 0.29) is 11.9 Å². The fourth-order valence-corrected chi connectivity index (χ4v) is 4.27. The fourth-order valence-electron chi connectivity index (χ4n) is 4.27. The van der Waals surface area contributed by atoms with Crippen molar-refractivity contribution in [2.75, 3.05) is 20.1 Å². The second-order valence-electron chi connectivity index (χ2n) is 7.80. The van der Waals surface area contributed by atoms with E-state index in [4.69, 9.17) is 4.74 Å². The number of esters is 1. The standard InChI is InChI=1S/C24H31NO3/c1-3-23(27)28-24(20-12-8-5-9-13-20)16-17-25(2)18-21(24)14-15-22(26)19-10-6-4-7-11-19/h4-13,21-22,26H,3,14-18H2,1-2H3. The van der Waals surface area contributed by atoms with Crippen LogP contribution in [0.4, 0.5) is 0 Å². The molecule has 4 heteroatoms. The molecule has 1 fully saturated rings. The Kier molecular flexibility index (Phi) is 6.87. The molecule has 3 rings (SSSR count). The topological polar surface area (TPSA) is 49.8 Å². The SMILES string of the molecule is CCC(=O)OC1(c2ccccc2)CCN(C)CC1CCC(O)c1ccccc1. The molecule has 150 valence electrons. The Balaban J connectivity index is 1.86. The van der Waals surface area contributed by atoms with E-state index >= 15 is 0 Å². The van der Waals surface area contributed by atoms with Crippen LogP contribution in [-0.2, 0) is 15.1 Å². The minimum absolute atomic E-state index is 0.127. The molecule has 0 aromatic heterocycles. The number of rotatable bonds is 7. The predicted octanol–water partition coefficient (Wildman–Crippen LogP) is 4.30. The molecular weight excluding hydrogens is 350 g/mol. The molecule has 2 aromatic carbocycles. The molecule has 4 nitrogen and oxygen atoms in total. The molecule has 1 heterocycles. The third-order valence-corrected chi connectivity index (χ3v) is 5.88. The summed E-state index contributed by atoms with van der Waals surface area (Å²) in [5, 5.41) is 10.7. The maximum atomic E-state index is 12.4. The highest BCUT2D eigenvalue weighted by molar-refractivity contribution is 5.69. The second kappa shape index (κ2) is 9.35. The molecule has 0 saturated carbocycles. The number of benzene rings is 2. The Bertz CT molecular complexity index is 749. The molecule has 0 aliphatic carbocycles. The number of aliphatic hydroxyl groups is 1. The Morgan fingerprint density at radius 3 is 2.46 bits per heavy atom. The van der Waals surface area contributed by atoms with Crippen molar-refractivity contribution in [2.24, 2.45) is 5.92 Å². The normalized spacial score (nSPS) is 23.9. The molecule has 3 unspecified atom stereocenters. The van der Waals surface area contributed by atoms with E-state index < -0.39 is 11.7 Å². The van der Waals surface area contributed by atoms with Crippen LogP contribution in [0.5, 0.6) is 0 Å². The van der Waals surface area contributed by atoms with E-state index in [2.05, 4.69) is 24.1 Å². The monoisotopic (exact) mass is 381 g/mol. The summed E-state index contributed by atoms with van der Waals surface area (Å²) in [7, 11) is 2.11. The van der Waals surface area contributed by atoms with Gasteiger partial charge in [-0.15, -0.1) is 0 Å². The molecule has 3 atom stereocenters. The number of carbonyl (C=O) groups is 1. The fraction of sp³-hybridized carbons (Fsp3) is 0.458. The first-order valence-corrected chi connectivity index (χ1v) is 10.2. The average molecular weight is 382 g/mol. The highest BCUT2D eigenvalue weighted by Gasteiger charge is 2.46. The van der Waals surface area contributed by atoms with Gasteiger partial charge in [0, 0.05) is 31.8 Å². The molecule has 1 aliphatic rings. The lowest BCUT2D eigenvalue weighted by Crippen LogP contribution is -2.51. The van der Waals surface area contributed by atoms with Gasteiger partial charge in [-0.1, -0.05) is 67.6 Å². The van der Waals surface area contributed by atoms with Crippen molar-refractivity contribution in [1.82, 2.24) is 4.90 Å². The van der Waals surface area contributed by atoms with E-state index in [9.17, 15) is 9.90 Å². The summed E-state index contributed by atoms with van der Waals surface area (Å²) < 4.78 is 6.17. The van der Waals surface area contributed by atoms with Crippen molar-refractivity contribution >= 4 is 5.97 Å². The summed E-state index contributed by atoms with van der Waals surface area (Å²) in [5.41, 5.74) is 1.36. The Morgan fingerprint density at radius 2 is 1.82 bits per heavy atom. The number of piperidine rings is 1. The van der Waals surface area contributed by atoms with Gasteiger partial charge in [0.15, 0.2) is 0 Å². The highest BCUT2D eigenvalue weighted by atomic mass is 16.6. The van der Waals surface area contributed by atoms with E-state index in [0.29, 0.717) is 12.8 Å². The summed E-state index contributed by atoms with van der Waals surface area (Å²) in [6.45, 7) is 3.56. The zero-order valence-corrected chi connectivity index (χ0v) is 16.9. The first-order valence-electron chi connectivity index (χ1n) is 10.2. The third-order valence-electron chi connectivity index (χ3n) is 5.88. The van der Waals surface area contributed by atoms with Gasteiger partial charge in [-0.25, -0.2) is 0 Å². The van der Waals surface area contributed by atoms with Crippen molar-refractivity contribution in [1.29, 1.82) is 0 Å². The summed E-state index contributed by atoms with van der Waals surface area (Å²) in [6, 6.07) is 19.9. The van der Waals surface area contributed by atoms with E-state index in [1.807, 2.05) is 55.5 Å². The molecule has 28 heavy (non-hydrogen) atoms. The highest BCUT2D eigenvalue weighted by Crippen LogP contribution is 2.44. The summed E-state index contributed by atoms with van der Waals surface area (Å²) in [5.74, 6) is -0.0375. The van der Waals surface area contributed by atoms with Crippen LogP contribution in [0.25, 0.3) is 0 Å². The molecule has 0 amide bonds. The molecule has 0 bridgehead atoms. The molecule has 1 saturated heterocycles. The quantitative estimate of drug-likeness (QED) is 0.727. The Morgan fingerprint density at radius 1 is 1.18 bits per heavy atom. The van der Waals surface area contributed by atoms with Gasteiger partial charge in [0.2, 0.25) is 0 Å². The zero-order valence-electron chi connectivity index (χ0n) is 16.9. The number of aliphatic hydroxyl groups excluding tert-OH is 1. The molecule has 0 spiro atoms. The van der Waals surface area contributed by atoms with Crippen LogP contribution in [0.3, 0.4) is 0 Å². The largest absolute Gasteiger partial charge is 0.454 e. The van der Waals surface area contributed by atoms with Crippen LogP contribution in [0.15, 0.2) is 60.7 Å². The lowest BCUT2D eigenvalue weighted by atomic mass is 9.73. The van der Waals surface area contributed by atoms with Crippen molar-refractivity contribution in [2.45, 2.75) is 44.3 Å². The molecular formula is C24H31NO3. The van der Waals surface area contributed by atoms with Crippen LogP contribution in [-0.4, -0.2) is 36.1 Å². The predicted molar refractivity (Wildman–Crippen MR) is 111 cm³/mol. The van der Waals surface area contributed by atoms with Gasteiger partial charge in [0.25, 0.3) is 0 Å². The second-order valence-corrected chi connectivity index (χ2v) is 7.80. The van der Waals surface area contributed by atoms with Gasteiger partial charge in [-0.05, 0) is 31.0 Å². The lowest BCUT2D eigenvalue weighted by molar-refractivity contribution is -0.176. The minimum Gasteiger partial charge on any atom is -0.454 e. The summed E-state index contributed by atoms with van der Waals surface area (Å²) in [6.07, 6.45) is 2.05. The third kappa shape index (κ3) is 4.62. The molecule has 1 N–H and O–H groups in total. The van der Waals surface area contributed by atoms with Gasteiger partial charge in [-0.2, -0.15) is 0 Å². The minimum atomic E-state index is -0.628. The maximum Gasteiger partial charge on any atom is 0.306 e. The Hall–Kier alpha value is -2.17. The molecule has 0 radical (unpaired) electrons. The first-order chi connectivity index (χ1) is 13.5. The van der Waals surface area contributed by atoms with Gasteiger partial charge in [0.1, 0.15) is 5.60 Å². The van der Waals surface area contributed by atoms with E-state index in [1.165, 1.54) is 0 Å². The van der Waals surface area contributed by atoms with Gasteiger partial charge in [-0.3, -0.25) is 4.79 Å².